The molecule has 2 aromatic carbocycles. The quantitative estimate of drug-likeness (QED) is 0.667. The highest BCUT2D eigenvalue weighted by Gasteiger charge is 2.58. The van der Waals surface area contributed by atoms with Gasteiger partial charge in [-0.1, -0.05) is 0 Å². The smallest absolute Gasteiger partial charge is 0.349 e. The molecule has 154 valence electrons. The first-order valence-electron chi connectivity index (χ1n) is 9.67. The zero-order chi connectivity index (χ0) is 21.9. The summed E-state index contributed by atoms with van der Waals surface area (Å²) in [4.78, 5) is 37.8. The Labute approximate surface area is 175 Å². The van der Waals surface area contributed by atoms with E-state index < -0.39 is 22.4 Å². The number of nitrogens with zero attached hydrogens (tertiary/aromatic N) is 3. The lowest BCUT2D eigenvalue weighted by atomic mass is 9.98. The van der Waals surface area contributed by atoms with Crippen LogP contribution < -0.4 is 21.3 Å². The van der Waals surface area contributed by atoms with E-state index in [1.54, 1.807) is 18.2 Å². The summed E-state index contributed by atoms with van der Waals surface area (Å²) in [6.45, 7) is 4.28. The molecule has 31 heavy (non-hydrogen) atoms. The van der Waals surface area contributed by atoms with Crippen LogP contribution in [0.1, 0.15) is 28.8 Å². The number of nitrogens with one attached hydrogen (secondary N) is 2. The SMILES string of the molecule is Cc1cc(-n2nc(C#N)c(=O)[nH]c2=O)cc(C)c1Oc1ccc2c(c1)C1(CN2)CC1=O. The van der Waals surface area contributed by atoms with Crippen molar-refractivity contribution in [1.29, 1.82) is 5.26 Å². The van der Waals surface area contributed by atoms with Gasteiger partial charge in [0.25, 0.3) is 5.56 Å². The fraction of sp³-hybridized carbons (Fsp3) is 0.227. The van der Waals surface area contributed by atoms with Gasteiger partial charge < -0.3 is 10.1 Å². The number of nitriles is 1. The van der Waals surface area contributed by atoms with Crippen LogP contribution in [-0.4, -0.2) is 27.1 Å². The topological polar surface area (TPSA) is 130 Å². The van der Waals surface area contributed by atoms with Gasteiger partial charge in [0.15, 0.2) is 0 Å². The number of aromatic nitrogens is 3. The average molecular weight is 415 g/mol. The molecule has 2 N–H and O–H groups in total. The third-order valence-electron chi connectivity index (χ3n) is 5.80. The Morgan fingerprint density at radius 3 is 2.52 bits per heavy atom. The molecule has 2 heterocycles. The standard InChI is InChI=1S/C22H17N5O4/c1-11-5-13(27-21(30)25-20(29)17(9-23)26-27)6-12(2)19(11)31-14-3-4-16-15(7-14)22(10-24-16)8-18(22)28/h3-7,24H,8,10H2,1-2H3,(H,25,29,30). The van der Waals surface area contributed by atoms with Gasteiger partial charge in [-0.15, -0.1) is 5.10 Å². The maximum Gasteiger partial charge on any atom is 0.349 e. The number of carbonyl (C=O) groups excluding carboxylic acids is 1. The van der Waals surface area contributed by atoms with Crippen LogP contribution in [0.5, 0.6) is 11.5 Å². The normalized spacial score (nSPS) is 18.4. The molecule has 9 nitrogen and oxygen atoms in total. The fourth-order valence-corrected chi connectivity index (χ4v) is 4.09. The van der Waals surface area contributed by atoms with Gasteiger partial charge in [0, 0.05) is 18.7 Å². The summed E-state index contributed by atoms with van der Waals surface area (Å²) < 4.78 is 7.13. The molecular formula is C22H17N5O4. The van der Waals surface area contributed by atoms with E-state index in [9.17, 15) is 14.4 Å². The van der Waals surface area contributed by atoms with E-state index in [1.165, 1.54) is 0 Å². The van der Waals surface area contributed by atoms with E-state index in [2.05, 4.69) is 15.4 Å². The van der Waals surface area contributed by atoms with Crippen LogP contribution in [0.25, 0.3) is 5.69 Å². The lowest BCUT2D eigenvalue weighted by Gasteiger charge is -2.15. The zero-order valence-corrected chi connectivity index (χ0v) is 16.8. The molecule has 0 saturated heterocycles. The number of hydrogen-bond acceptors (Lipinski definition) is 7. The highest BCUT2D eigenvalue weighted by atomic mass is 16.5. The van der Waals surface area contributed by atoms with Gasteiger partial charge in [-0.05, 0) is 60.9 Å². The van der Waals surface area contributed by atoms with Gasteiger partial charge in [0.05, 0.1) is 11.1 Å². The molecule has 1 saturated carbocycles. The molecule has 1 spiro atoms. The minimum absolute atomic E-state index is 0.239. The second-order valence-corrected chi connectivity index (χ2v) is 7.89. The molecule has 0 amide bonds. The number of anilines is 1. The molecule has 9 heteroatoms. The first-order chi connectivity index (χ1) is 14.8. The first-order valence-corrected chi connectivity index (χ1v) is 9.67. The second-order valence-electron chi connectivity index (χ2n) is 7.89. The van der Waals surface area contributed by atoms with Crippen LogP contribution in [0.3, 0.4) is 0 Å². The molecule has 5 rings (SSSR count). The summed E-state index contributed by atoms with van der Waals surface area (Å²) in [6, 6.07) is 10.7. The Kier molecular flexibility index (Phi) is 3.89. The minimum atomic E-state index is -0.824. The molecule has 3 aromatic rings. The molecule has 1 atom stereocenters. The first kappa shape index (κ1) is 18.8. The van der Waals surface area contributed by atoms with Crippen molar-refractivity contribution in [3.05, 3.63) is 73.6 Å². The number of ether oxygens (including phenoxy) is 1. The summed E-state index contributed by atoms with van der Waals surface area (Å²) in [5.41, 5.74) is 1.45. The number of benzene rings is 2. The molecule has 1 aromatic heterocycles. The number of hydrogen-bond donors (Lipinski definition) is 2. The fourth-order valence-electron chi connectivity index (χ4n) is 4.09. The average Bonchev–Trinajstić information content (AvgIpc) is 3.25. The van der Waals surface area contributed by atoms with Crippen LogP contribution in [0.4, 0.5) is 5.69 Å². The number of aryl methyl sites for hydroxylation is 2. The van der Waals surface area contributed by atoms with Crippen molar-refractivity contribution >= 4 is 11.5 Å². The molecule has 0 radical (unpaired) electrons. The van der Waals surface area contributed by atoms with Crippen molar-refractivity contribution in [2.24, 2.45) is 0 Å². The highest BCUT2D eigenvalue weighted by Crippen LogP contribution is 2.52. The van der Waals surface area contributed by atoms with Gasteiger partial charge >= 0.3 is 5.69 Å². The number of H-pyrrole nitrogens is 1. The van der Waals surface area contributed by atoms with Crippen molar-refractivity contribution in [3.63, 3.8) is 0 Å². The lowest BCUT2D eigenvalue weighted by Crippen LogP contribution is -2.33. The Hall–Kier alpha value is -4.19. The summed E-state index contributed by atoms with van der Waals surface area (Å²) in [6.07, 6.45) is 0.550. The molecule has 0 bridgehead atoms. The second kappa shape index (κ2) is 6.40. The predicted octanol–water partition coefficient (Wildman–Crippen LogP) is 1.84. The van der Waals surface area contributed by atoms with Crippen LogP contribution in [-0.2, 0) is 10.2 Å². The van der Waals surface area contributed by atoms with Gasteiger partial charge in [0.2, 0.25) is 5.69 Å². The number of fused-ring (bicyclic) bond motifs is 2. The number of aromatic amines is 1. The molecule has 2 aliphatic rings. The van der Waals surface area contributed by atoms with Crippen LogP contribution in [0, 0.1) is 25.2 Å². The van der Waals surface area contributed by atoms with Crippen molar-refractivity contribution < 1.29 is 9.53 Å². The van der Waals surface area contributed by atoms with Crippen molar-refractivity contribution in [3.8, 4) is 23.3 Å². The van der Waals surface area contributed by atoms with E-state index in [1.807, 2.05) is 32.0 Å². The lowest BCUT2D eigenvalue weighted by molar-refractivity contribution is -0.111. The molecule has 1 unspecified atom stereocenters. The van der Waals surface area contributed by atoms with Crippen molar-refractivity contribution in [1.82, 2.24) is 14.8 Å². The van der Waals surface area contributed by atoms with E-state index in [0.29, 0.717) is 30.2 Å². The van der Waals surface area contributed by atoms with E-state index in [-0.39, 0.29) is 5.78 Å². The summed E-state index contributed by atoms with van der Waals surface area (Å²) in [7, 11) is 0. The van der Waals surface area contributed by atoms with Crippen molar-refractivity contribution in [2.75, 3.05) is 11.9 Å². The molecular weight excluding hydrogens is 398 g/mol. The maximum absolute atomic E-state index is 12.2. The van der Waals surface area contributed by atoms with Gasteiger partial charge in [-0.2, -0.15) is 9.94 Å². The van der Waals surface area contributed by atoms with Gasteiger partial charge in [-0.25, -0.2) is 4.79 Å². The van der Waals surface area contributed by atoms with Crippen LogP contribution in [0.2, 0.25) is 0 Å². The highest BCUT2D eigenvalue weighted by molar-refractivity contribution is 6.09. The maximum atomic E-state index is 12.2. The van der Waals surface area contributed by atoms with E-state index in [4.69, 9.17) is 10.00 Å². The monoisotopic (exact) mass is 415 g/mol. The van der Waals surface area contributed by atoms with Crippen molar-refractivity contribution in [2.45, 2.75) is 25.7 Å². The molecule has 1 aliphatic carbocycles. The van der Waals surface area contributed by atoms with Gasteiger partial charge in [-0.3, -0.25) is 14.6 Å². The number of Topliss-reactive ketones (excluding diaryl/α,β-unsaturated/α-hetero) is 1. The molecule has 1 aliphatic heterocycles. The number of ketones is 1. The van der Waals surface area contributed by atoms with Crippen LogP contribution in [0.15, 0.2) is 39.9 Å². The predicted molar refractivity (Wildman–Crippen MR) is 111 cm³/mol. The third-order valence-corrected chi connectivity index (χ3v) is 5.80. The number of rotatable bonds is 3. The Morgan fingerprint density at radius 1 is 1.16 bits per heavy atom. The summed E-state index contributed by atoms with van der Waals surface area (Å²) in [5, 5.41) is 16.2. The van der Waals surface area contributed by atoms with E-state index >= 15 is 0 Å². The van der Waals surface area contributed by atoms with Gasteiger partial charge in [0.1, 0.15) is 23.4 Å². The minimum Gasteiger partial charge on any atom is -0.457 e. The zero-order valence-electron chi connectivity index (χ0n) is 16.8. The Bertz CT molecular complexity index is 1420. The molecule has 1 fully saturated rings. The van der Waals surface area contributed by atoms with Crippen LogP contribution >= 0.6 is 0 Å². The van der Waals surface area contributed by atoms with E-state index in [0.717, 1.165) is 27.1 Å². The largest absolute Gasteiger partial charge is 0.457 e. The number of carbonyl (C=O) groups is 1. The Balaban J connectivity index is 1.52. The third kappa shape index (κ3) is 2.84. The Morgan fingerprint density at radius 2 is 1.87 bits per heavy atom. The summed E-state index contributed by atoms with van der Waals surface area (Å²) in [5.74, 6) is 1.47. The summed E-state index contributed by atoms with van der Waals surface area (Å²) >= 11 is 0.